The maximum atomic E-state index is 14.1. The Morgan fingerprint density at radius 1 is 1.20 bits per heavy atom. The lowest BCUT2D eigenvalue weighted by molar-refractivity contribution is 0.411. The third-order valence-electron chi connectivity index (χ3n) is 3.88. The predicted octanol–water partition coefficient (Wildman–Crippen LogP) is 3.95. The number of nitrogens with one attached hydrogen (secondary N) is 1. The molecule has 0 bridgehead atoms. The number of pyridine rings is 1. The van der Waals surface area contributed by atoms with E-state index in [0.29, 0.717) is 19.1 Å². The zero-order valence-electron chi connectivity index (χ0n) is 12.3. The molecule has 5 heteroatoms. The van der Waals surface area contributed by atoms with Gasteiger partial charge in [-0.05, 0) is 26.7 Å². The second kappa shape index (κ2) is 6.86. The summed E-state index contributed by atoms with van der Waals surface area (Å²) in [6.07, 6.45) is 5.70. The molecular weight excluding hydrogens is 260 g/mol. The first-order chi connectivity index (χ1) is 9.67. The summed E-state index contributed by atoms with van der Waals surface area (Å²) in [4.78, 5) is 6.15. The standard InChI is InChI=1S/C15H23F2N3/c1-3-18-14-12(16)10-13(17)15(19-14)20(4-2)11-8-6-5-7-9-11/h10-11H,3-9H2,1-2H3,(H,18,19). The number of hydrogen-bond acceptors (Lipinski definition) is 3. The molecule has 1 aliphatic rings. The van der Waals surface area contributed by atoms with Crippen molar-refractivity contribution >= 4 is 11.6 Å². The van der Waals surface area contributed by atoms with Gasteiger partial charge in [0.15, 0.2) is 23.3 Å². The first-order valence-corrected chi connectivity index (χ1v) is 7.53. The molecule has 0 unspecified atom stereocenters. The average molecular weight is 283 g/mol. The number of nitrogens with zero attached hydrogens (tertiary/aromatic N) is 2. The van der Waals surface area contributed by atoms with Gasteiger partial charge in [0, 0.05) is 25.2 Å². The van der Waals surface area contributed by atoms with Crippen molar-refractivity contribution in [2.24, 2.45) is 0 Å². The van der Waals surface area contributed by atoms with Crippen molar-refractivity contribution in [3.05, 3.63) is 17.7 Å². The average Bonchev–Trinajstić information content (AvgIpc) is 2.45. The van der Waals surface area contributed by atoms with E-state index >= 15 is 0 Å². The summed E-state index contributed by atoms with van der Waals surface area (Å²) < 4.78 is 27.7. The van der Waals surface area contributed by atoms with Crippen molar-refractivity contribution in [2.45, 2.75) is 52.0 Å². The van der Waals surface area contributed by atoms with Crippen LogP contribution < -0.4 is 10.2 Å². The highest BCUT2D eigenvalue weighted by Gasteiger charge is 2.24. The Bertz CT molecular complexity index is 445. The Kier molecular flexibility index (Phi) is 5.15. The number of halogens is 2. The van der Waals surface area contributed by atoms with Gasteiger partial charge < -0.3 is 10.2 Å². The quantitative estimate of drug-likeness (QED) is 0.887. The van der Waals surface area contributed by atoms with Gasteiger partial charge in [0.1, 0.15) is 0 Å². The minimum Gasteiger partial charge on any atom is -0.368 e. The van der Waals surface area contributed by atoms with Gasteiger partial charge in [-0.1, -0.05) is 19.3 Å². The number of aromatic nitrogens is 1. The summed E-state index contributed by atoms with van der Waals surface area (Å²) in [5.41, 5.74) is 0. The highest BCUT2D eigenvalue weighted by molar-refractivity contribution is 5.50. The van der Waals surface area contributed by atoms with Gasteiger partial charge in [-0.3, -0.25) is 0 Å². The minimum absolute atomic E-state index is 0.137. The topological polar surface area (TPSA) is 28.2 Å². The molecule has 1 saturated carbocycles. The van der Waals surface area contributed by atoms with Crippen LogP contribution in [0.2, 0.25) is 0 Å². The first-order valence-electron chi connectivity index (χ1n) is 7.53. The molecule has 3 nitrogen and oxygen atoms in total. The Morgan fingerprint density at radius 2 is 1.90 bits per heavy atom. The first kappa shape index (κ1) is 15.0. The molecule has 2 rings (SSSR count). The summed E-state index contributed by atoms with van der Waals surface area (Å²) >= 11 is 0. The van der Waals surface area contributed by atoms with E-state index in [9.17, 15) is 8.78 Å². The lowest BCUT2D eigenvalue weighted by Gasteiger charge is -2.34. The summed E-state index contributed by atoms with van der Waals surface area (Å²) in [7, 11) is 0. The zero-order chi connectivity index (χ0) is 14.5. The second-order valence-corrected chi connectivity index (χ2v) is 5.23. The van der Waals surface area contributed by atoms with E-state index in [1.165, 1.54) is 19.3 Å². The molecule has 0 saturated heterocycles. The number of anilines is 2. The fourth-order valence-corrected chi connectivity index (χ4v) is 2.92. The van der Waals surface area contributed by atoms with Crippen LogP contribution in [-0.2, 0) is 0 Å². The molecule has 1 N–H and O–H groups in total. The highest BCUT2D eigenvalue weighted by Crippen LogP contribution is 2.29. The van der Waals surface area contributed by atoms with Crippen molar-refractivity contribution in [1.29, 1.82) is 0 Å². The van der Waals surface area contributed by atoms with Gasteiger partial charge in [-0.25, -0.2) is 13.8 Å². The molecule has 0 amide bonds. The van der Waals surface area contributed by atoms with Crippen LogP contribution in [0.3, 0.4) is 0 Å². The molecule has 0 atom stereocenters. The summed E-state index contributed by atoms with van der Waals surface area (Å²) in [5.74, 6) is -0.792. The molecule has 0 spiro atoms. The van der Waals surface area contributed by atoms with E-state index in [2.05, 4.69) is 10.3 Å². The summed E-state index contributed by atoms with van der Waals surface area (Å²) in [5, 5.41) is 2.85. The fraction of sp³-hybridized carbons (Fsp3) is 0.667. The van der Waals surface area contributed by atoms with Crippen molar-refractivity contribution in [2.75, 3.05) is 23.3 Å². The van der Waals surface area contributed by atoms with E-state index < -0.39 is 11.6 Å². The van der Waals surface area contributed by atoms with Gasteiger partial charge >= 0.3 is 0 Å². The molecular formula is C15H23F2N3. The molecule has 112 valence electrons. The maximum absolute atomic E-state index is 14.1. The summed E-state index contributed by atoms with van der Waals surface area (Å²) in [6, 6.07) is 1.25. The molecule has 0 radical (unpaired) electrons. The molecule has 0 aliphatic heterocycles. The number of hydrogen-bond donors (Lipinski definition) is 1. The largest absolute Gasteiger partial charge is 0.368 e. The van der Waals surface area contributed by atoms with E-state index in [0.717, 1.165) is 18.9 Å². The normalized spacial score (nSPS) is 16.2. The molecule has 1 aromatic heterocycles. The predicted molar refractivity (Wildman–Crippen MR) is 78.2 cm³/mol. The van der Waals surface area contributed by atoms with Crippen LogP contribution in [0.4, 0.5) is 20.4 Å². The van der Waals surface area contributed by atoms with Crippen LogP contribution >= 0.6 is 0 Å². The second-order valence-electron chi connectivity index (χ2n) is 5.23. The van der Waals surface area contributed by atoms with E-state index in [4.69, 9.17) is 0 Å². The van der Waals surface area contributed by atoms with Gasteiger partial charge in [0.05, 0.1) is 0 Å². The Labute approximate surface area is 119 Å². The van der Waals surface area contributed by atoms with Crippen molar-refractivity contribution in [3.63, 3.8) is 0 Å². The smallest absolute Gasteiger partial charge is 0.168 e. The fourth-order valence-electron chi connectivity index (χ4n) is 2.92. The molecule has 1 aromatic rings. The van der Waals surface area contributed by atoms with Crippen molar-refractivity contribution in [1.82, 2.24) is 4.98 Å². The Morgan fingerprint density at radius 3 is 2.50 bits per heavy atom. The van der Waals surface area contributed by atoms with Gasteiger partial charge in [-0.15, -0.1) is 0 Å². The van der Waals surface area contributed by atoms with Crippen LogP contribution in [0.1, 0.15) is 46.0 Å². The Balaban J connectivity index is 2.30. The maximum Gasteiger partial charge on any atom is 0.168 e. The third kappa shape index (κ3) is 3.19. The van der Waals surface area contributed by atoms with Crippen LogP contribution in [0.25, 0.3) is 0 Å². The Hall–Kier alpha value is -1.39. The zero-order valence-corrected chi connectivity index (χ0v) is 12.3. The van der Waals surface area contributed by atoms with Crippen LogP contribution in [0.5, 0.6) is 0 Å². The van der Waals surface area contributed by atoms with Crippen molar-refractivity contribution < 1.29 is 8.78 Å². The van der Waals surface area contributed by atoms with Gasteiger partial charge in [0.2, 0.25) is 0 Å². The SMILES string of the molecule is CCNc1nc(N(CC)C2CCCCC2)c(F)cc1F. The van der Waals surface area contributed by atoms with Crippen LogP contribution in [0.15, 0.2) is 6.07 Å². The lowest BCUT2D eigenvalue weighted by Crippen LogP contribution is -2.38. The number of rotatable bonds is 5. The molecule has 1 aliphatic carbocycles. The van der Waals surface area contributed by atoms with Gasteiger partial charge in [0.25, 0.3) is 0 Å². The molecule has 0 aromatic carbocycles. The van der Waals surface area contributed by atoms with Gasteiger partial charge in [-0.2, -0.15) is 0 Å². The highest BCUT2D eigenvalue weighted by atomic mass is 19.1. The third-order valence-corrected chi connectivity index (χ3v) is 3.88. The van der Waals surface area contributed by atoms with Crippen LogP contribution in [0, 0.1) is 11.6 Å². The van der Waals surface area contributed by atoms with E-state index in [1.54, 1.807) is 0 Å². The van der Waals surface area contributed by atoms with Crippen molar-refractivity contribution in [3.8, 4) is 0 Å². The van der Waals surface area contributed by atoms with E-state index in [-0.39, 0.29) is 11.6 Å². The molecule has 1 fully saturated rings. The summed E-state index contributed by atoms with van der Waals surface area (Å²) in [6.45, 7) is 5.10. The van der Waals surface area contributed by atoms with E-state index in [1.807, 2.05) is 18.7 Å². The molecule has 1 heterocycles. The lowest BCUT2D eigenvalue weighted by atomic mass is 9.94. The monoisotopic (exact) mass is 283 g/mol. The minimum atomic E-state index is -0.632. The van der Waals surface area contributed by atoms with Crippen LogP contribution in [-0.4, -0.2) is 24.1 Å². The molecule has 20 heavy (non-hydrogen) atoms.